The minimum atomic E-state index is -0.847. The summed E-state index contributed by atoms with van der Waals surface area (Å²) in [6, 6.07) is 17.4. The highest BCUT2D eigenvalue weighted by atomic mass is 16.2. The zero-order valence-corrected chi connectivity index (χ0v) is 12.5. The van der Waals surface area contributed by atoms with Gasteiger partial charge in [-0.15, -0.1) is 0 Å². The summed E-state index contributed by atoms with van der Waals surface area (Å²) in [7, 11) is 0. The molecule has 0 spiro atoms. The van der Waals surface area contributed by atoms with Crippen LogP contribution in [0.15, 0.2) is 54.6 Å². The molecule has 0 saturated carbocycles. The third kappa shape index (κ3) is 4.68. The number of nitrogens with one attached hydrogen (secondary N) is 1. The first-order chi connectivity index (χ1) is 11.1. The molecular weight excluding hydrogens is 290 g/mol. The van der Waals surface area contributed by atoms with Crippen molar-refractivity contribution in [2.75, 3.05) is 0 Å². The van der Waals surface area contributed by atoms with Crippen molar-refractivity contribution in [2.45, 2.75) is 18.9 Å². The SMILES string of the molecule is N#Cc1ccccc1C[C@H](NC(=O)Cc1ccccc1)C(N)=O. The molecule has 1 atom stereocenters. The second-order valence-corrected chi connectivity index (χ2v) is 5.16. The van der Waals surface area contributed by atoms with Crippen molar-refractivity contribution in [1.82, 2.24) is 5.32 Å². The van der Waals surface area contributed by atoms with E-state index in [4.69, 9.17) is 11.0 Å². The van der Waals surface area contributed by atoms with Crippen molar-refractivity contribution in [3.63, 3.8) is 0 Å². The van der Waals surface area contributed by atoms with E-state index in [0.29, 0.717) is 11.1 Å². The Labute approximate surface area is 134 Å². The Hall–Kier alpha value is -3.13. The number of rotatable bonds is 6. The van der Waals surface area contributed by atoms with Gasteiger partial charge in [-0.25, -0.2) is 0 Å². The fraction of sp³-hybridized carbons (Fsp3) is 0.167. The zero-order chi connectivity index (χ0) is 16.7. The summed E-state index contributed by atoms with van der Waals surface area (Å²) in [5.41, 5.74) is 7.38. The summed E-state index contributed by atoms with van der Waals surface area (Å²) in [4.78, 5) is 23.7. The number of amides is 2. The number of hydrogen-bond donors (Lipinski definition) is 2. The summed E-state index contributed by atoms with van der Waals surface area (Å²) in [5, 5.41) is 11.7. The van der Waals surface area contributed by atoms with Crippen molar-refractivity contribution >= 4 is 11.8 Å². The Balaban J connectivity index is 2.06. The van der Waals surface area contributed by atoms with Crippen molar-refractivity contribution in [3.05, 3.63) is 71.3 Å². The number of carbonyl (C=O) groups is 2. The zero-order valence-electron chi connectivity index (χ0n) is 12.5. The molecule has 0 saturated heterocycles. The second-order valence-electron chi connectivity index (χ2n) is 5.16. The van der Waals surface area contributed by atoms with Gasteiger partial charge in [0.2, 0.25) is 11.8 Å². The molecule has 116 valence electrons. The van der Waals surface area contributed by atoms with Gasteiger partial charge in [0.05, 0.1) is 18.1 Å². The number of nitriles is 1. The minimum absolute atomic E-state index is 0.171. The van der Waals surface area contributed by atoms with E-state index in [1.54, 1.807) is 24.3 Å². The smallest absolute Gasteiger partial charge is 0.240 e. The van der Waals surface area contributed by atoms with E-state index < -0.39 is 11.9 Å². The number of benzene rings is 2. The van der Waals surface area contributed by atoms with Crippen molar-refractivity contribution in [3.8, 4) is 6.07 Å². The minimum Gasteiger partial charge on any atom is -0.368 e. The van der Waals surface area contributed by atoms with E-state index in [0.717, 1.165) is 5.56 Å². The van der Waals surface area contributed by atoms with Crippen molar-refractivity contribution < 1.29 is 9.59 Å². The first kappa shape index (κ1) is 16.2. The van der Waals surface area contributed by atoms with Gasteiger partial charge in [0, 0.05) is 6.42 Å². The highest BCUT2D eigenvalue weighted by Crippen LogP contribution is 2.10. The number of primary amides is 1. The Morgan fingerprint density at radius 2 is 1.74 bits per heavy atom. The van der Waals surface area contributed by atoms with Crippen LogP contribution in [0.3, 0.4) is 0 Å². The second kappa shape index (κ2) is 7.76. The maximum absolute atomic E-state index is 12.1. The van der Waals surface area contributed by atoms with Crippen LogP contribution in [0, 0.1) is 11.3 Å². The van der Waals surface area contributed by atoms with Gasteiger partial charge in [-0.2, -0.15) is 5.26 Å². The monoisotopic (exact) mass is 307 g/mol. The maximum Gasteiger partial charge on any atom is 0.240 e. The maximum atomic E-state index is 12.1. The lowest BCUT2D eigenvalue weighted by Crippen LogP contribution is -2.46. The molecular formula is C18H17N3O2. The molecule has 0 aromatic heterocycles. The van der Waals surface area contributed by atoms with E-state index in [2.05, 4.69) is 11.4 Å². The van der Waals surface area contributed by atoms with Gasteiger partial charge in [-0.05, 0) is 17.2 Å². The molecule has 0 unspecified atom stereocenters. The van der Waals surface area contributed by atoms with Crippen LogP contribution >= 0.6 is 0 Å². The van der Waals surface area contributed by atoms with Gasteiger partial charge in [0.1, 0.15) is 6.04 Å². The largest absolute Gasteiger partial charge is 0.368 e. The number of carbonyl (C=O) groups excluding carboxylic acids is 2. The summed E-state index contributed by atoms with van der Waals surface area (Å²) < 4.78 is 0. The standard InChI is InChI=1S/C18H17N3O2/c19-12-15-9-5-4-8-14(15)11-16(18(20)23)21-17(22)10-13-6-2-1-3-7-13/h1-9,16H,10-11H2,(H2,20,23)(H,21,22)/t16-/m0/s1. The summed E-state index contributed by atoms with van der Waals surface area (Å²) in [5.74, 6) is -0.909. The highest BCUT2D eigenvalue weighted by Gasteiger charge is 2.20. The van der Waals surface area contributed by atoms with Gasteiger partial charge in [-0.1, -0.05) is 48.5 Å². The predicted molar refractivity (Wildman–Crippen MR) is 86.1 cm³/mol. The summed E-state index contributed by atoms with van der Waals surface area (Å²) in [6.07, 6.45) is 0.365. The van der Waals surface area contributed by atoms with Gasteiger partial charge in [-0.3, -0.25) is 9.59 Å². The molecule has 2 aromatic carbocycles. The van der Waals surface area contributed by atoms with Gasteiger partial charge in [0.25, 0.3) is 0 Å². The molecule has 2 amide bonds. The summed E-state index contributed by atoms with van der Waals surface area (Å²) >= 11 is 0. The molecule has 2 aromatic rings. The fourth-order valence-corrected chi connectivity index (χ4v) is 2.28. The highest BCUT2D eigenvalue weighted by molar-refractivity contribution is 5.87. The van der Waals surface area contributed by atoms with Crippen LogP contribution in [0.5, 0.6) is 0 Å². The van der Waals surface area contributed by atoms with Crippen molar-refractivity contribution in [2.24, 2.45) is 5.73 Å². The quantitative estimate of drug-likeness (QED) is 0.842. The Morgan fingerprint density at radius 1 is 1.09 bits per heavy atom. The fourth-order valence-electron chi connectivity index (χ4n) is 2.28. The average molecular weight is 307 g/mol. The molecule has 5 nitrogen and oxygen atoms in total. The van der Waals surface area contributed by atoms with Crippen LogP contribution in [0.4, 0.5) is 0 Å². The molecule has 0 bridgehead atoms. The van der Waals surface area contributed by atoms with Crippen LogP contribution in [0.2, 0.25) is 0 Å². The predicted octanol–water partition coefficient (Wildman–Crippen LogP) is 1.31. The number of nitrogens with two attached hydrogens (primary N) is 1. The molecule has 0 aliphatic rings. The van der Waals surface area contributed by atoms with Gasteiger partial charge >= 0.3 is 0 Å². The topological polar surface area (TPSA) is 96.0 Å². The van der Waals surface area contributed by atoms with Crippen molar-refractivity contribution in [1.29, 1.82) is 5.26 Å². The lowest BCUT2D eigenvalue weighted by atomic mass is 10.00. The number of nitrogens with zero attached hydrogens (tertiary/aromatic N) is 1. The Bertz CT molecular complexity index is 735. The first-order valence-electron chi connectivity index (χ1n) is 7.20. The first-order valence-corrected chi connectivity index (χ1v) is 7.20. The number of hydrogen-bond acceptors (Lipinski definition) is 3. The summed E-state index contributed by atoms with van der Waals surface area (Å²) in [6.45, 7) is 0. The Morgan fingerprint density at radius 3 is 2.39 bits per heavy atom. The Kier molecular flexibility index (Phi) is 5.48. The van der Waals surface area contributed by atoms with E-state index in [-0.39, 0.29) is 18.7 Å². The van der Waals surface area contributed by atoms with Gasteiger partial charge in [0.15, 0.2) is 0 Å². The van der Waals surface area contributed by atoms with Crippen LogP contribution < -0.4 is 11.1 Å². The molecule has 0 aliphatic heterocycles. The van der Waals surface area contributed by atoms with E-state index in [1.807, 2.05) is 30.3 Å². The third-order valence-corrected chi connectivity index (χ3v) is 3.45. The third-order valence-electron chi connectivity index (χ3n) is 3.45. The molecule has 5 heteroatoms. The van der Waals surface area contributed by atoms with E-state index >= 15 is 0 Å². The normalized spacial score (nSPS) is 11.3. The van der Waals surface area contributed by atoms with E-state index in [9.17, 15) is 9.59 Å². The molecule has 0 fully saturated rings. The molecule has 0 aliphatic carbocycles. The molecule has 3 N–H and O–H groups in total. The lowest BCUT2D eigenvalue weighted by molar-refractivity contribution is -0.127. The lowest BCUT2D eigenvalue weighted by Gasteiger charge is -2.16. The van der Waals surface area contributed by atoms with Gasteiger partial charge < -0.3 is 11.1 Å². The van der Waals surface area contributed by atoms with Crippen LogP contribution in [-0.4, -0.2) is 17.9 Å². The molecule has 0 heterocycles. The van der Waals surface area contributed by atoms with Crippen LogP contribution in [0.25, 0.3) is 0 Å². The van der Waals surface area contributed by atoms with E-state index in [1.165, 1.54) is 0 Å². The molecule has 23 heavy (non-hydrogen) atoms. The van der Waals surface area contributed by atoms with Crippen LogP contribution in [0.1, 0.15) is 16.7 Å². The molecule has 0 radical (unpaired) electrons. The average Bonchev–Trinajstić information content (AvgIpc) is 2.55. The van der Waals surface area contributed by atoms with Crippen LogP contribution in [-0.2, 0) is 22.4 Å². The molecule has 2 rings (SSSR count).